The Morgan fingerprint density at radius 2 is 2.07 bits per heavy atom. The van der Waals surface area contributed by atoms with E-state index in [0.717, 1.165) is 25.9 Å². The number of hydrogen-bond donors (Lipinski definition) is 2. The van der Waals surface area contributed by atoms with E-state index in [1.165, 1.54) is 0 Å². The van der Waals surface area contributed by atoms with Gasteiger partial charge >= 0.3 is 0 Å². The van der Waals surface area contributed by atoms with Crippen LogP contribution in [0.15, 0.2) is 0 Å². The first-order valence-corrected chi connectivity index (χ1v) is 6.14. The van der Waals surface area contributed by atoms with E-state index in [4.69, 9.17) is 4.74 Å². The van der Waals surface area contributed by atoms with Gasteiger partial charge in [0.05, 0.1) is 12.7 Å². The Morgan fingerprint density at radius 1 is 1.40 bits per heavy atom. The molecule has 0 amide bonds. The van der Waals surface area contributed by atoms with E-state index in [1.54, 1.807) is 0 Å². The first kappa shape index (κ1) is 12.9. The molecular formula is C12H25NO2. The van der Waals surface area contributed by atoms with Gasteiger partial charge in [-0.3, -0.25) is 0 Å². The molecule has 0 aliphatic heterocycles. The van der Waals surface area contributed by atoms with Crippen LogP contribution in [0.25, 0.3) is 0 Å². The lowest BCUT2D eigenvalue weighted by Gasteiger charge is -2.38. The quantitative estimate of drug-likeness (QED) is 0.677. The van der Waals surface area contributed by atoms with Crippen LogP contribution in [0.2, 0.25) is 0 Å². The van der Waals surface area contributed by atoms with Gasteiger partial charge in [0.1, 0.15) is 0 Å². The summed E-state index contributed by atoms with van der Waals surface area (Å²) in [6.45, 7) is 7.47. The molecule has 0 saturated heterocycles. The summed E-state index contributed by atoms with van der Waals surface area (Å²) >= 11 is 0. The van der Waals surface area contributed by atoms with E-state index < -0.39 is 0 Å². The van der Waals surface area contributed by atoms with E-state index in [2.05, 4.69) is 19.2 Å². The van der Waals surface area contributed by atoms with Gasteiger partial charge in [-0.15, -0.1) is 0 Å². The summed E-state index contributed by atoms with van der Waals surface area (Å²) in [6.07, 6.45) is 3.70. The summed E-state index contributed by atoms with van der Waals surface area (Å²) in [4.78, 5) is 0. The van der Waals surface area contributed by atoms with E-state index >= 15 is 0 Å². The molecule has 2 N–H and O–H groups in total. The van der Waals surface area contributed by atoms with Gasteiger partial charge < -0.3 is 15.2 Å². The van der Waals surface area contributed by atoms with Crippen LogP contribution in [0.4, 0.5) is 0 Å². The van der Waals surface area contributed by atoms with E-state index in [-0.39, 0.29) is 12.6 Å². The van der Waals surface area contributed by atoms with Crippen LogP contribution in [-0.4, -0.2) is 36.5 Å². The van der Waals surface area contributed by atoms with Crippen molar-refractivity contribution in [3.05, 3.63) is 0 Å². The molecular weight excluding hydrogens is 190 g/mol. The van der Waals surface area contributed by atoms with E-state index in [9.17, 15) is 5.11 Å². The Bertz CT molecular complexity index is 167. The Labute approximate surface area is 93.2 Å². The minimum absolute atomic E-state index is 0.244. The second-order valence-electron chi connectivity index (χ2n) is 4.92. The maximum absolute atomic E-state index is 9.22. The second-order valence-corrected chi connectivity index (χ2v) is 4.92. The molecule has 0 aromatic heterocycles. The number of aliphatic hydroxyl groups excluding tert-OH is 1. The molecule has 3 nitrogen and oxygen atoms in total. The number of rotatable bonds is 7. The summed E-state index contributed by atoms with van der Waals surface area (Å²) in [7, 11) is 0. The van der Waals surface area contributed by atoms with Crippen molar-refractivity contribution in [1.82, 2.24) is 5.32 Å². The number of nitrogens with one attached hydrogen (secondary N) is 1. The largest absolute Gasteiger partial charge is 0.395 e. The predicted molar refractivity (Wildman–Crippen MR) is 61.9 cm³/mol. The molecule has 1 atom stereocenters. The summed E-state index contributed by atoms with van der Waals surface area (Å²) in [6, 6.07) is 0.815. The minimum atomic E-state index is 0.244. The maximum Gasteiger partial charge on any atom is 0.0604 e. The zero-order valence-electron chi connectivity index (χ0n) is 10.2. The second kappa shape index (κ2) is 6.46. The lowest BCUT2D eigenvalue weighted by atomic mass is 9.88. The first-order valence-electron chi connectivity index (χ1n) is 6.14. The van der Waals surface area contributed by atoms with Gasteiger partial charge in [-0.05, 0) is 32.1 Å². The third kappa shape index (κ3) is 4.49. The molecule has 0 aromatic carbocycles. The van der Waals surface area contributed by atoms with Crippen LogP contribution in [-0.2, 0) is 4.74 Å². The lowest BCUT2D eigenvalue weighted by Crippen LogP contribution is -2.50. The summed E-state index contributed by atoms with van der Waals surface area (Å²) in [5, 5.41) is 12.7. The molecule has 90 valence electrons. The first-order chi connectivity index (χ1) is 7.15. The van der Waals surface area contributed by atoms with Crippen molar-refractivity contribution < 1.29 is 9.84 Å². The molecule has 15 heavy (non-hydrogen) atoms. The Hall–Kier alpha value is -0.120. The SMILES string of the molecule is CCOC1CC(NC(CO)CC(C)C)C1. The monoisotopic (exact) mass is 215 g/mol. The highest BCUT2D eigenvalue weighted by Gasteiger charge is 2.30. The highest BCUT2D eigenvalue weighted by molar-refractivity contribution is 4.88. The van der Waals surface area contributed by atoms with Crippen molar-refractivity contribution in [2.45, 2.75) is 58.2 Å². The van der Waals surface area contributed by atoms with Gasteiger partial charge in [0, 0.05) is 18.7 Å². The predicted octanol–water partition coefficient (Wildman–Crippen LogP) is 1.55. The Kier molecular flexibility index (Phi) is 5.58. The van der Waals surface area contributed by atoms with Gasteiger partial charge in [-0.25, -0.2) is 0 Å². The molecule has 3 heteroatoms. The fourth-order valence-corrected chi connectivity index (χ4v) is 2.17. The van der Waals surface area contributed by atoms with Crippen molar-refractivity contribution in [1.29, 1.82) is 0 Å². The van der Waals surface area contributed by atoms with Gasteiger partial charge in [0.25, 0.3) is 0 Å². The van der Waals surface area contributed by atoms with Gasteiger partial charge in [0.2, 0.25) is 0 Å². The zero-order valence-corrected chi connectivity index (χ0v) is 10.2. The van der Waals surface area contributed by atoms with Crippen molar-refractivity contribution in [2.24, 2.45) is 5.92 Å². The van der Waals surface area contributed by atoms with Gasteiger partial charge in [0.15, 0.2) is 0 Å². The molecule has 1 aliphatic rings. The highest BCUT2D eigenvalue weighted by atomic mass is 16.5. The van der Waals surface area contributed by atoms with Crippen molar-refractivity contribution in [3.63, 3.8) is 0 Å². The summed E-state index contributed by atoms with van der Waals surface area (Å²) in [5.74, 6) is 0.636. The topological polar surface area (TPSA) is 41.5 Å². The van der Waals surface area contributed by atoms with Crippen LogP contribution in [0.1, 0.15) is 40.0 Å². The number of ether oxygens (including phenoxy) is 1. The minimum Gasteiger partial charge on any atom is -0.395 e. The van der Waals surface area contributed by atoms with Gasteiger partial charge in [-0.1, -0.05) is 13.8 Å². The van der Waals surface area contributed by atoms with E-state index in [1.807, 2.05) is 6.92 Å². The van der Waals surface area contributed by atoms with Crippen LogP contribution in [0.5, 0.6) is 0 Å². The third-order valence-electron chi connectivity index (χ3n) is 2.94. The van der Waals surface area contributed by atoms with Gasteiger partial charge in [-0.2, -0.15) is 0 Å². The van der Waals surface area contributed by atoms with Crippen LogP contribution in [0.3, 0.4) is 0 Å². The Balaban J connectivity index is 2.13. The smallest absolute Gasteiger partial charge is 0.0604 e. The van der Waals surface area contributed by atoms with E-state index in [0.29, 0.717) is 18.1 Å². The molecule has 0 radical (unpaired) electrons. The van der Waals surface area contributed by atoms with Crippen LogP contribution in [0, 0.1) is 5.92 Å². The normalized spacial score (nSPS) is 27.8. The fraction of sp³-hybridized carbons (Fsp3) is 1.00. The number of aliphatic hydroxyl groups is 1. The fourth-order valence-electron chi connectivity index (χ4n) is 2.17. The zero-order chi connectivity index (χ0) is 11.3. The maximum atomic E-state index is 9.22. The molecule has 1 rings (SSSR count). The molecule has 0 bridgehead atoms. The Morgan fingerprint density at radius 3 is 2.53 bits per heavy atom. The molecule has 0 aromatic rings. The molecule has 1 fully saturated rings. The molecule has 0 spiro atoms. The van der Waals surface area contributed by atoms with Crippen molar-refractivity contribution in [3.8, 4) is 0 Å². The summed E-state index contributed by atoms with van der Waals surface area (Å²) < 4.78 is 5.50. The standard InChI is InChI=1S/C12H25NO2/c1-4-15-12-6-10(7-12)13-11(8-14)5-9(2)3/h9-14H,4-8H2,1-3H3. The molecule has 0 heterocycles. The van der Waals surface area contributed by atoms with Crippen LogP contribution < -0.4 is 5.32 Å². The van der Waals surface area contributed by atoms with Crippen molar-refractivity contribution in [2.75, 3.05) is 13.2 Å². The highest BCUT2D eigenvalue weighted by Crippen LogP contribution is 2.24. The average molecular weight is 215 g/mol. The molecule has 1 saturated carbocycles. The lowest BCUT2D eigenvalue weighted by molar-refractivity contribution is -0.0147. The summed E-state index contributed by atoms with van der Waals surface area (Å²) in [5.41, 5.74) is 0. The molecule has 1 unspecified atom stereocenters. The van der Waals surface area contributed by atoms with Crippen molar-refractivity contribution >= 4 is 0 Å². The molecule has 1 aliphatic carbocycles. The average Bonchev–Trinajstić information content (AvgIpc) is 2.12. The number of hydrogen-bond acceptors (Lipinski definition) is 3. The van der Waals surface area contributed by atoms with Crippen LogP contribution >= 0.6 is 0 Å². The third-order valence-corrected chi connectivity index (χ3v) is 2.94.